The maximum Gasteiger partial charge on any atom is 0.256 e. The molecule has 0 atom stereocenters. The molecular weight excluding hydrogens is 488 g/mol. The van der Waals surface area contributed by atoms with Gasteiger partial charge in [0.05, 0.1) is 16.8 Å². The first-order valence-corrected chi connectivity index (χ1v) is 13.2. The smallest absolute Gasteiger partial charge is 0.256 e. The lowest BCUT2D eigenvalue weighted by molar-refractivity contribution is 0.102. The molecule has 0 bridgehead atoms. The van der Waals surface area contributed by atoms with Crippen LogP contribution in [0.5, 0.6) is 0 Å². The number of aromatic nitrogens is 6. The second-order valence-corrected chi connectivity index (χ2v) is 10.2. The molecule has 39 heavy (non-hydrogen) atoms. The number of anilines is 2. The molecule has 4 aromatic heterocycles. The predicted octanol–water partition coefficient (Wildman–Crippen LogP) is 5.60. The van der Waals surface area contributed by atoms with Crippen molar-refractivity contribution < 1.29 is 4.79 Å². The molecule has 194 valence electrons. The molecule has 3 N–H and O–H groups in total. The highest BCUT2D eigenvalue weighted by Crippen LogP contribution is 2.42. The Hall–Kier alpha value is -4.92. The Morgan fingerprint density at radius 2 is 1.90 bits per heavy atom. The Balaban J connectivity index is 1.29. The molecule has 7 rings (SSSR count). The molecule has 0 spiro atoms. The number of hydrogen-bond acceptors (Lipinski definition) is 5. The Morgan fingerprint density at radius 1 is 1.05 bits per heavy atom. The summed E-state index contributed by atoms with van der Waals surface area (Å²) in [5, 5.41) is 9.43. The van der Waals surface area contributed by atoms with Crippen LogP contribution in [0.25, 0.3) is 38.9 Å². The predicted molar refractivity (Wildman–Crippen MR) is 153 cm³/mol. The number of para-hydroxylation sites is 1. The lowest BCUT2D eigenvalue weighted by Crippen LogP contribution is -2.13. The maximum atomic E-state index is 13.3. The average Bonchev–Trinajstić information content (AvgIpc) is 3.60. The van der Waals surface area contributed by atoms with Crippen LogP contribution in [0.1, 0.15) is 42.4 Å². The number of nitrogens with zero attached hydrogens (tertiary/aromatic N) is 6. The highest BCUT2D eigenvalue weighted by atomic mass is 16.1. The largest absolute Gasteiger partial charge is 0.383 e. The molecule has 9 heteroatoms. The average molecular weight is 517 g/mol. The van der Waals surface area contributed by atoms with E-state index in [9.17, 15) is 4.79 Å². The summed E-state index contributed by atoms with van der Waals surface area (Å²) in [6.45, 7) is 5.19. The van der Waals surface area contributed by atoms with E-state index in [0.717, 1.165) is 58.3 Å². The zero-order valence-corrected chi connectivity index (χ0v) is 21.8. The number of rotatable bonds is 4. The van der Waals surface area contributed by atoms with Gasteiger partial charge >= 0.3 is 0 Å². The minimum absolute atomic E-state index is 0.200. The Kier molecular flexibility index (Phi) is 5.26. The molecule has 9 nitrogen and oxygen atoms in total. The van der Waals surface area contributed by atoms with Crippen molar-refractivity contribution in [2.75, 3.05) is 11.1 Å². The first-order chi connectivity index (χ1) is 19.0. The molecule has 0 fully saturated rings. The molecule has 1 amide bonds. The summed E-state index contributed by atoms with van der Waals surface area (Å²) in [5.41, 5.74) is 13.3. The molecule has 0 unspecified atom stereocenters. The summed E-state index contributed by atoms with van der Waals surface area (Å²) in [7, 11) is 0. The van der Waals surface area contributed by atoms with Gasteiger partial charge in [0.1, 0.15) is 17.8 Å². The van der Waals surface area contributed by atoms with Gasteiger partial charge in [-0.25, -0.2) is 14.6 Å². The van der Waals surface area contributed by atoms with Gasteiger partial charge in [-0.2, -0.15) is 5.10 Å². The van der Waals surface area contributed by atoms with Gasteiger partial charge in [-0.15, -0.1) is 0 Å². The molecule has 1 aliphatic heterocycles. The zero-order valence-electron chi connectivity index (χ0n) is 21.8. The summed E-state index contributed by atoms with van der Waals surface area (Å²) in [6.07, 6.45) is 5.26. The van der Waals surface area contributed by atoms with Crippen LogP contribution in [-0.4, -0.2) is 34.8 Å². The lowest BCUT2D eigenvalue weighted by atomic mass is 10.1. The van der Waals surface area contributed by atoms with Crippen LogP contribution in [0.2, 0.25) is 0 Å². The third-order valence-corrected chi connectivity index (χ3v) is 7.50. The van der Waals surface area contributed by atoms with Crippen LogP contribution < -0.4 is 11.1 Å². The molecular formula is C30H28N8O. The van der Waals surface area contributed by atoms with Crippen LogP contribution in [0.3, 0.4) is 0 Å². The summed E-state index contributed by atoms with van der Waals surface area (Å²) < 4.78 is 6.34. The lowest BCUT2D eigenvalue weighted by Gasteiger charge is -2.13. The van der Waals surface area contributed by atoms with E-state index in [1.807, 2.05) is 54.7 Å². The van der Waals surface area contributed by atoms with Gasteiger partial charge in [-0.1, -0.05) is 24.3 Å². The zero-order chi connectivity index (χ0) is 26.7. The van der Waals surface area contributed by atoms with Crippen molar-refractivity contribution >= 4 is 39.5 Å². The number of carbonyl (C=O) groups excluding carboxylic acids is 1. The van der Waals surface area contributed by atoms with Crippen LogP contribution >= 0.6 is 0 Å². The van der Waals surface area contributed by atoms with Gasteiger partial charge in [0, 0.05) is 52.6 Å². The molecule has 5 heterocycles. The number of nitrogen functional groups attached to an aromatic ring is 1. The van der Waals surface area contributed by atoms with E-state index in [4.69, 9.17) is 5.73 Å². The Bertz CT molecular complexity index is 1880. The molecule has 0 saturated carbocycles. The summed E-state index contributed by atoms with van der Waals surface area (Å²) in [6, 6.07) is 19.9. The third-order valence-electron chi connectivity index (χ3n) is 7.50. The molecule has 0 aliphatic carbocycles. The number of benzene rings is 2. The molecule has 0 saturated heterocycles. The van der Waals surface area contributed by atoms with Gasteiger partial charge in [-0.05, 0) is 57.0 Å². The number of carbonyl (C=O) groups is 1. The fourth-order valence-corrected chi connectivity index (χ4v) is 5.83. The molecule has 2 aromatic carbocycles. The van der Waals surface area contributed by atoms with Crippen molar-refractivity contribution in [1.82, 2.24) is 28.9 Å². The van der Waals surface area contributed by atoms with Crippen molar-refractivity contribution in [3.8, 4) is 16.9 Å². The van der Waals surface area contributed by atoms with Crippen molar-refractivity contribution in [2.24, 2.45) is 0 Å². The van der Waals surface area contributed by atoms with Crippen molar-refractivity contribution in [3.63, 3.8) is 0 Å². The minimum Gasteiger partial charge on any atom is -0.383 e. The van der Waals surface area contributed by atoms with Gasteiger partial charge in [-0.3, -0.25) is 4.79 Å². The molecule has 6 aromatic rings. The van der Waals surface area contributed by atoms with Gasteiger partial charge in [0.2, 0.25) is 0 Å². The van der Waals surface area contributed by atoms with E-state index in [-0.39, 0.29) is 11.9 Å². The van der Waals surface area contributed by atoms with E-state index >= 15 is 0 Å². The van der Waals surface area contributed by atoms with Gasteiger partial charge in [0.15, 0.2) is 5.82 Å². The Labute approximate surface area is 224 Å². The van der Waals surface area contributed by atoms with Gasteiger partial charge < -0.3 is 20.2 Å². The highest BCUT2D eigenvalue weighted by molar-refractivity contribution is 6.07. The van der Waals surface area contributed by atoms with E-state index < -0.39 is 0 Å². The van der Waals surface area contributed by atoms with Crippen LogP contribution in [0, 0.1) is 0 Å². The second-order valence-electron chi connectivity index (χ2n) is 10.2. The number of aryl methyl sites for hydroxylation is 1. The minimum atomic E-state index is -0.200. The van der Waals surface area contributed by atoms with Crippen molar-refractivity contribution in [2.45, 2.75) is 39.3 Å². The number of amides is 1. The third kappa shape index (κ3) is 3.69. The number of fused-ring (bicyclic) bond motifs is 7. The summed E-state index contributed by atoms with van der Waals surface area (Å²) >= 11 is 0. The van der Waals surface area contributed by atoms with Crippen molar-refractivity contribution in [1.29, 1.82) is 0 Å². The van der Waals surface area contributed by atoms with E-state index in [0.29, 0.717) is 17.2 Å². The second kappa shape index (κ2) is 8.83. The van der Waals surface area contributed by atoms with Crippen LogP contribution in [0.4, 0.5) is 11.6 Å². The fourth-order valence-electron chi connectivity index (χ4n) is 5.83. The van der Waals surface area contributed by atoms with Crippen molar-refractivity contribution in [3.05, 3.63) is 84.4 Å². The molecule has 1 aliphatic rings. The summed E-state index contributed by atoms with van der Waals surface area (Å²) in [4.78, 5) is 22.2. The number of nitrogens with one attached hydrogen (secondary N) is 1. The standard InChI is InChI=1S/C30H28N8O/c1-18(2)38-22-9-6-13-36-23-16-20(30(39)34-25-12-14-37(35-25)21-7-4-3-5-8-21)11-10-19(23)15-24(36)26(22)27-28(31)32-17-33-29(27)38/h3-5,7-8,10-12,14-18H,6,9,13H2,1-2H3,(H2,31,32,33)(H,34,35,39). The monoisotopic (exact) mass is 516 g/mol. The van der Waals surface area contributed by atoms with Crippen LogP contribution in [-0.2, 0) is 13.0 Å². The normalized spacial score (nSPS) is 13.0. The topological polar surface area (TPSA) is 109 Å². The fraction of sp³-hybridized carbons (Fsp3) is 0.200. The van der Waals surface area contributed by atoms with Gasteiger partial charge in [0.25, 0.3) is 5.91 Å². The van der Waals surface area contributed by atoms with E-state index in [1.165, 1.54) is 5.69 Å². The first kappa shape index (κ1) is 23.2. The van der Waals surface area contributed by atoms with E-state index in [2.05, 4.69) is 49.4 Å². The quantitative estimate of drug-likeness (QED) is 0.317. The number of nitrogens with two attached hydrogens (primary N) is 1. The number of hydrogen-bond donors (Lipinski definition) is 2. The summed E-state index contributed by atoms with van der Waals surface area (Å²) in [5.74, 6) is 0.790. The maximum absolute atomic E-state index is 13.3. The van der Waals surface area contributed by atoms with Crippen LogP contribution in [0.15, 0.2) is 73.2 Å². The molecule has 0 radical (unpaired) electrons. The Morgan fingerprint density at radius 3 is 2.72 bits per heavy atom. The highest BCUT2D eigenvalue weighted by Gasteiger charge is 2.28. The SMILES string of the molecule is CC(C)n1c2c(c3c(N)ncnc31)-c1cc3ccc(C(=O)Nc4ccn(-c5ccccc5)n4)cc3n1CCC2. The first-order valence-electron chi connectivity index (χ1n) is 13.2. The van der Waals surface area contributed by atoms with E-state index in [1.54, 1.807) is 17.1 Å².